The van der Waals surface area contributed by atoms with Crippen molar-refractivity contribution >= 4 is 23.5 Å². The van der Waals surface area contributed by atoms with Gasteiger partial charge in [0.1, 0.15) is 11.4 Å². The highest BCUT2D eigenvalue weighted by Gasteiger charge is 2.17. The molecule has 0 saturated carbocycles. The van der Waals surface area contributed by atoms with Crippen molar-refractivity contribution in [3.05, 3.63) is 11.8 Å². The maximum absolute atomic E-state index is 11.5. The third-order valence-corrected chi connectivity index (χ3v) is 3.42. The van der Waals surface area contributed by atoms with Crippen molar-refractivity contribution in [3.8, 4) is 6.07 Å². The van der Waals surface area contributed by atoms with Crippen LogP contribution in [0.15, 0.2) is 11.4 Å². The zero-order valence-electron chi connectivity index (χ0n) is 11.8. The lowest BCUT2D eigenvalue weighted by Gasteiger charge is -2.13. The topological polar surface area (TPSA) is 102 Å². The van der Waals surface area contributed by atoms with Gasteiger partial charge >= 0.3 is 5.97 Å². The lowest BCUT2D eigenvalue weighted by atomic mass is 9.93. The number of thioether (sulfide) groups is 1. The highest BCUT2D eigenvalue weighted by atomic mass is 32.2. The normalized spacial score (nSPS) is 10.9. The van der Waals surface area contributed by atoms with Crippen LogP contribution in [0.1, 0.15) is 37.6 Å². The summed E-state index contributed by atoms with van der Waals surface area (Å²) in [5, 5.41) is 9.41. The number of carbonyl (C=O) groups is 1. The molecule has 0 unspecified atom stereocenters. The van der Waals surface area contributed by atoms with E-state index in [1.165, 1.54) is 18.0 Å². The van der Waals surface area contributed by atoms with E-state index in [-0.39, 0.29) is 23.4 Å². The number of nitriles is 1. The smallest absolute Gasteiger partial charge is 0.343 e. The number of esters is 1. The van der Waals surface area contributed by atoms with Gasteiger partial charge in [-0.1, -0.05) is 11.8 Å². The molecule has 1 rings (SSSR count). The first-order chi connectivity index (χ1) is 9.39. The lowest BCUT2D eigenvalue weighted by Crippen LogP contribution is -2.11. The minimum Gasteiger partial charge on any atom is -0.462 e. The second-order valence-electron chi connectivity index (χ2n) is 4.77. The Morgan fingerprint density at radius 1 is 1.60 bits per heavy atom. The molecule has 108 valence electrons. The predicted molar refractivity (Wildman–Crippen MR) is 77.1 cm³/mol. The molecule has 2 N–H and O–H groups in total. The minimum absolute atomic E-state index is 0.112. The number of rotatable bonds is 6. The Hall–Kier alpha value is -1.81. The summed E-state index contributed by atoms with van der Waals surface area (Å²) in [6, 6.07) is 2.24. The van der Waals surface area contributed by atoms with E-state index in [4.69, 9.17) is 15.7 Å². The summed E-state index contributed by atoms with van der Waals surface area (Å²) in [5.74, 6) is 0.298. The molecule has 0 fully saturated rings. The molecule has 0 aromatic carbocycles. The Balaban J connectivity index is 2.65. The van der Waals surface area contributed by atoms with E-state index in [0.717, 1.165) is 6.42 Å². The van der Waals surface area contributed by atoms with Gasteiger partial charge in [0.2, 0.25) is 0 Å². The third-order valence-electron chi connectivity index (χ3n) is 2.55. The van der Waals surface area contributed by atoms with Crippen molar-refractivity contribution in [2.45, 2.75) is 32.3 Å². The molecule has 7 heteroatoms. The molecule has 0 amide bonds. The summed E-state index contributed by atoms with van der Waals surface area (Å²) < 4.78 is 4.85. The first-order valence-electron chi connectivity index (χ1n) is 6.23. The minimum atomic E-state index is -0.521. The SMILES string of the molecule is CCOC(=O)c1cnc(SCCC(C)(C)C#N)nc1N. The van der Waals surface area contributed by atoms with Gasteiger partial charge in [0, 0.05) is 11.9 Å². The van der Waals surface area contributed by atoms with E-state index >= 15 is 0 Å². The highest BCUT2D eigenvalue weighted by molar-refractivity contribution is 7.99. The maximum atomic E-state index is 11.5. The number of nitrogen functional groups attached to an aromatic ring is 1. The van der Waals surface area contributed by atoms with Crippen molar-refractivity contribution in [1.29, 1.82) is 5.26 Å². The van der Waals surface area contributed by atoms with Gasteiger partial charge in [0.25, 0.3) is 0 Å². The molecular weight excluding hydrogens is 276 g/mol. The quantitative estimate of drug-likeness (QED) is 0.487. The predicted octanol–water partition coefficient (Wildman–Crippen LogP) is 2.27. The Labute approximate surface area is 122 Å². The zero-order valence-corrected chi connectivity index (χ0v) is 12.7. The standard InChI is InChI=1S/C13H18N4O2S/c1-4-19-11(18)9-7-16-12(17-10(9)15)20-6-5-13(2,3)8-14/h7H,4-6H2,1-3H3,(H2,15,16,17). The van der Waals surface area contributed by atoms with Gasteiger partial charge in [0.05, 0.1) is 18.1 Å². The highest BCUT2D eigenvalue weighted by Crippen LogP contribution is 2.24. The zero-order chi connectivity index (χ0) is 15.2. The van der Waals surface area contributed by atoms with Crippen LogP contribution in [0.2, 0.25) is 0 Å². The molecule has 20 heavy (non-hydrogen) atoms. The van der Waals surface area contributed by atoms with Crippen LogP contribution >= 0.6 is 11.8 Å². The second-order valence-corrected chi connectivity index (χ2v) is 5.83. The fourth-order valence-electron chi connectivity index (χ4n) is 1.27. The van der Waals surface area contributed by atoms with Crippen molar-refractivity contribution in [3.63, 3.8) is 0 Å². The molecule has 0 radical (unpaired) electrons. The molecular formula is C13H18N4O2S. The van der Waals surface area contributed by atoms with Crippen LogP contribution in [0.25, 0.3) is 0 Å². The van der Waals surface area contributed by atoms with E-state index < -0.39 is 5.97 Å². The average Bonchev–Trinajstić information content (AvgIpc) is 2.39. The fraction of sp³-hybridized carbons (Fsp3) is 0.538. The number of nitrogens with two attached hydrogens (primary N) is 1. The lowest BCUT2D eigenvalue weighted by molar-refractivity contribution is 0.0526. The van der Waals surface area contributed by atoms with Crippen molar-refractivity contribution in [2.24, 2.45) is 5.41 Å². The Morgan fingerprint density at radius 3 is 2.85 bits per heavy atom. The van der Waals surface area contributed by atoms with Crippen LogP contribution in [0.5, 0.6) is 0 Å². The van der Waals surface area contributed by atoms with Crippen molar-refractivity contribution < 1.29 is 9.53 Å². The molecule has 0 bridgehead atoms. The number of anilines is 1. The molecule has 1 heterocycles. The average molecular weight is 294 g/mol. The van der Waals surface area contributed by atoms with Gasteiger partial charge in [-0.3, -0.25) is 0 Å². The van der Waals surface area contributed by atoms with E-state index in [1.54, 1.807) is 6.92 Å². The summed E-state index contributed by atoms with van der Waals surface area (Å²) in [5.41, 5.74) is 5.52. The van der Waals surface area contributed by atoms with Gasteiger partial charge in [-0.25, -0.2) is 14.8 Å². The van der Waals surface area contributed by atoms with Crippen molar-refractivity contribution in [2.75, 3.05) is 18.1 Å². The van der Waals surface area contributed by atoms with Crippen LogP contribution in [-0.4, -0.2) is 28.3 Å². The van der Waals surface area contributed by atoms with E-state index in [1.807, 2.05) is 13.8 Å². The summed E-state index contributed by atoms with van der Waals surface area (Å²) in [7, 11) is 0. The van der Waals surface area contributed by atoms with Crippen molar-refractivity contribution in [1.82, 2.24) is 9.97 Å². The fourth-order valence-corrected chi connectivity index (χ4v) is 2.35. The van der Waals surface area contributed by atoms with Gasteiger partial charge in [-0.2, -0.15) is 5.26 Å². The molecule has 0 aliphatic rings. The number of carbonyl (C=O) groups excluding carboxylic acids is 1. The summed E-state index contributed by atoms with van der Waals surface area (Å²) in [6.45, 7) is 5.76. The van der Waals surface area contributed by atoms with Gasteiger partial charge in [-0.05, 0) is 27.2 Å². The molecule has 0 aliphatic heterocycles. The molecule has 1 aromatic rings. The first-order valence-corrected chi connectivity index (χ1v) is 7.22. The second kappa shape index (κ2) is 7.10. The summed E-state index contributed by atoms with van der Waals surface area (Å²) in [6.07, 6.45) is 2.09. The van der Waals surface area contributed by atoms with E-state index in [0.29, 0.717) is 10.9 Å². The van der Waals surface area contributed by atoms with Crippen LogP contribution in [0, 0.1) is 16.7 Å². The maximum Gasteiger partial charge on any atom is 0.343 e. The monoisotopic (exact) mass is 294 g/mol. The van der Waals surface area contributed by atoms with Gasteiger partial charge in [0.15, 0.2) is 5.16 Å². The Bertz CT molecular complexity index is 526. The van der Waals surface area contributed by atoms with E-state index in [2.05, 4.69) is 16.0 Å². The van der Waals surface area contributed by atoms with Crippen LogP contribution in [-0.2, 0) is 4.74 Å². The molecule has 6 nitrogen and oxygen atoms in total. The number of nitrogens with zero attached hydrogens (tertiary/aromatic N) is 3. The van der Waals surface area contributed by atoms with Crippen LogP contribution in [0.3, 0.4) is 0 Å². The number of hydrogen-bond acceptors (Lipinski definition) is 7. The summed E-state index contributed by atoms with van der Waals surface area (Å²) >= 11 is 1.41. The largest absolute Gasteiger partial charge is 0.462 e. The summed E-state index contributed by atoms with van der Waals surface area (Å²) in [4.78, 5) is 19.7. The number of aromatic nitrogens is 2. The third kappa shape index (κ3) is 4.70. The molecule has 0 spiro atoms. The van der Waals surface area contributed by atoms with Gasteiger partial charge < -0.3 is 10.5 Å². The number of hydrogen-bond donors (Lipinski definition) is 1. The van der Waals surface area contributed by atoms with Gasteiger partial charge in [-0.15, -0.1) is 0 Å². The molecule has 0 saturated heterocycles. The molecule has 0 atom stereocenters. The first kappa shape index (κ1) is 16.2. The molecule has 0 aliphatic carbocycles. The van der Waals surface area contributed by atoms with E-state index in [9.17, 15) is 4.79 Å². The Morgan fingerprint density at radius 2 is 2.30 bits per heavy atom. The Kier molecular flexibility index (Phi) is 5.77. The van der Waals surface area contributed by atoms with Crippen LogP contribution in [0.4, 0.5) is 5.82 Å². The van der Waals surface area contributed by atoms with Crippen LogP contribution < -0.4 is 5.73 Å². The molecule has 1 aromatic heterocycles. The number of ether oxygens (including phenoxy) is 1.